The first kappa shape index (κ1) is 21.3. The number of carbonyl (C=O) groups is 1. The van der Waals surface area contributed by atoms with Gasteiger partial charge in [-0.15, -0.1) is 0 Å². The maximum absolute atomic E-state index is 12.9. The van der Waals surface area contributed by atoms with Crippen molar-refractivity contribution in [2.24, 2.45) is 0 Å². The molecule has 0 atom stereocenters. The molecule has 1 aliphatic heterocycles. The molecule has 1 amide bonds. The number of benzene rings is 2. The van der Waals surface area contributed by atoms with Gasteiger partial charge in [-0.05, 0) is 31.0 Å². The van der Waals surface area contributed by atoms with Crippen LogP contribution in [0.1, 0.15) is 16.7 Å². The molecule has 1 heterocycles. The molecule has 156 valence electrons. The van der Waals surface area contributed by atoms with Gasteiger partial charge in [0.2, 0.25) is 15.9 Å². The number of anilines is 1. The maximum Gasteiger partial charge on any atom is 0.243 e. The first-order valence-corrected chi connectivity index (χ1v) is 11.8. The van der Waals surface area contributed by atoms with E-state index in [4.69, 9.17) is 0 Å². The second-order valence-corrected chi connectivity index (χ2v) is 9.76. The molecule has 2 aromatic carbocycles. The number of piperazine rings is 1. The van der Waals surface area contributed by atoms with Crippen LogP contribution in [0.15, 0.2) is 48.5 Å². The number of amides is 1. The maximum atomic E-state index is 12.9. The fourth-order valence-electron chi connectivity index (χ4n) is 3.73. The SMILES string of the molecule is Cc1ccc(C)c(N(CC(=O)N2CC[NH+](Cc3ccccc3)CC2)S(C)(=O)=O)c1. The lowest BCUT2D eigenvalue weighted by atomic mass is 10.1. The molecule has 0 radical (unpaired) electrons. The molecule has 6 nitrogen and oxygen atoms in total. The highest BCUT2D eigenvalue weighted by Crippen LogP contribution is 2.24. The number of aryl methyl sites for hydroxylation is 2. The van der Waals surface area contributed by atoms with Gasteiger partial charge in [-0.25, -0.2) is 8.42 Å². The molecular weight excluding hydrogens is 386 g/mol. The smallest absolute Gasteiger partial charge is 0.243 e. The van der Waals surface area contributed by atoms with E-state index < -0.39 is 10.0 Å². The number of hydrogen-bond acceptors (Lipinski definition) is 3. The van der Waals surface area contributed by atoms with Crippen molar-refractivity contribution in [2.45, 2.75) is 20.4 Å². The van der Waals surface area contributed by atoms with E-state index >= 15 is 0 Å². The minimum Gasteiger partial charge on any atom is -0.330 e. The Kier molecular flexibility index (Phi) is 6.59. The molecule has 3 rings (SSSR count). The van der Waals surface area contributed by atoms with Crippen molar-refractivity contribution in [3.8, 4) is 0 Å². The summed E-state index contributed by atoms with van der Waals surface area (Å²) in [6, 6.07) is 16.0. The predicted molar refractivity (Wildman–Crippen MR) is 116 cm³/mol. The molecule has 1 saturated heterocycles. The summed E-state index contributed by atoms with van der Waals surface area (Å²) in [6.07, 6.45) is 1.16. The molecule has 29 heavy (non-hydrogen) atoms. The minimum atomic E-state index is -3.56. The topological polar surface area (TPSA) is 62.1 Å². The molecule has 7 heteroatoms. The van der Waals surface area contributed by atoms with Crippen LogP contribution in [0.3, 0.4) is 0 Å². The zero-order valence-corrected chi connectivity index (χ0v) is 18.2. The lowest BCUT2D eigenvalue weighted by Gasteiger charge is -2.34. The fourth-order valence-corrected chi connectivity index (χ4v) is 4.62. The zero-order chi connectivity index (χ0) is 21.0. The van der Waals surface area contributed by atoms with E-state index in [2.05, 4.69) is 12.1 Å². The van der Waals surface area contributed by atoms with Crippen LogP contribution in [-0.2, 0) is 21.4 Å². The molecule has 0 bridgehead atoms. The summed E-state index contributed by atoms with van der Waals surface area (Å²) in [7, 11) is -3.56. The van der Waals surface area contributed by atoms with Gasteiger partial charge in [0.1, 0.15) is 13.1 Å². The molecule has 0 aliphatic carbocycles. The van der Waals surface area contributed by atoms with Gasteiger partial charge in [0.15, 0.2) is 0 Å². The molecule has 1 N–H and O–H groups in total. The summed E-state index contributed by atoms with van der Waals surface area (Å²) >= 11 is 0. The van der Waals surface area contributed by atoms with Gasteiger partial charge in [-0.3, -0.25) is 9.10 Å². The van der Waals surface area contributed by atoms with Crippen LogP contribution in [0, 0.1) is 13.8 Å². The van der Waals surface area contributed by atoms with Gasteiger partial charge >= 0.3 is 0 Å². The average molecular weight is 417 g/mol. The van der Waals surface area contributed by atoms with E-state index in [1.165, 1.54) is 14.8 Å². The number of sulfonamides is 1. The van der Waals surface area contributed by atoms with Gasteiger partial charge in [0, 0.05) is 5.56 Å². The van der Waals surface area contributed by atoms with Gasteiger partial charge in [0.25, 0.3) is 0 Å². The Morgan fingerprint density at radius 3 is 2.34 bits per heavy atom. The number of nitrogens with one attached hydrogen (secondary N) is 1. The predicted octanol–water partition coefficient (Wildman–Crippen LogP) is 0.997. The van der Waals surface area contributed by atoms with Crippen LogP contribution in [0.2, 0.25) is 0 Å². The molecule has 2 aromatic rings. The van der Waals surface area contributed by atoms with Gasteiger partial charge in [-0.2, -0.15) is 0 Å². The standard InChI is InChI=1S/C22H29N3O3S/c1-18-9-10-19(2)21(15-18)25(29(3,27)28)17-22(26)24-13-11-23(12-14-24)16-20-7-5-4-6-8-20/h4-10,15H,11-14,16-17H2,1-3H3/p+1. The van der Waals surface area contributed by atoms with Crippen molar-refractivity contribution in [1.29, 1.82) is 0 Å². The van der Waals surface area contributed by atoms with Crippen molar-refractivity contribution in [2.75, 3.05) is 43.3 Å². The first-order valence-electron chi connectivity index (χ1n) is 9.94. The summed E-state index contributed by atoms with van der Waals surface area (Å²) in [5, 5.41) is 0. The van der Waals surface area contributed by atoms with Crippen LogP contribution in [-0.4, -0.2) is 58.2 Å². The van der Waals surface area contributed by atoms with E-state index in [1.54, 1.807) is 4.90 Å². The Labute approximate surface area is 173 Å². The Morgan fingerprint density at radius 1 is 1.07 bits per heavy atom. The summed E-state index contributed by atoms with van der Waals surface area (Å²) in [5.74, 6) is -0.143. The number of carbonyl (C=O) groups excluding carboxylic acids is 1. The van der Waals surface area contributed by atoms with Gasteiger partial charge in [0.05, 0.1) is 38.1 Å². The van der Waals surface area contributed by atoms with Gasteiger partial charge in [-0.1, -0.05) is 42.5 Å². The van der Waals surface area contributed by atoms with Crippen molar-refractivity contribution in [3.05, 3.63) is 65.2 Å². The number of quaternary nitrogens is 1. The third-order valence-electron chi connectivity index (χ3n) is 5.43. The lowest BCUT2D eigenvalue weighted by molar-refractivity contribution is -0.917. The largest absolute Gasteiger partial charge is 0.330 e. The molecule has 0 spiro atoms. The van der Waals surface area contributed by atoms with Crippen LogP contribution < -0.4 is 9.21 Å². The van der Waals surface area contributed by atoms with Gasteiger partial charge < -0.3 is 9.80 Å². The quantitative estimate of drug-likeness (QED) is 0.764. The Hall–Kier alpha value is -2.38. The number of hydrogen-bond donors (Lipinski definition) is 1. The molecule has 0 aromatic heterocycles. The molecule has 0 saturated carbocycles. The third-order valence-corrected chi connectivity index (χ3v) is 6.56. The number of rotatable bonds is 6. The fraction of sp³-hybridized carbons (Fsp3) is 0.409. The van der Waals surface area contributed by atoms with Crippen molar-refractivity contribution < 1.29 is 18.1 Å². The van der Waals surface area contributed by atoms with Crippen molar-refractivity contribution in [3.63, 3.8) is 0 Å². The summed E-state index contributed by atoms with van der Waals surface area (Å²) < 4.78 is 26.1. The second-order valence-electron chi connectivity index (χ2n) is 7.85. The molecule has 0 unspecified atom stereocenters. The second kappa shape index (κ2) is 8.97. The molecule has 1 fully saturated rings. The Balaban J connectivity index is 1.64. The summed E-state index contributed by atoms with van der Waals surface area (Å²) in [6.45, 7) is 7.59. The van der Waals surface area contributed by atoms with Crippen LogP contribution in [0.4, 0.5) is 5.69 Å². The molecular formula is C22H30N3O3S+. The minimum absolute atomic E-state index is 0.143. The summed E-state index contributed by atoms with van der Waals surface area (Å²) in [5.41, 5.74) is 3.67. The van der Waals surface area contributed by atoms with Crippen LogP contribution in [0.5, 0.6) is 0 Å². The summed E-state index contributed by atoms with van der Waals surface area (Å²) in [4.78, 5) is 16.1. The van der Waals surface area contributed by atoms with Crippen LogP contribution in [0.25, 0.3) is 0 Å². The lowest BCUT2D eigenvalue weighted by Crippen LogP contribution is -3.13. The highest BCUT2D eigenvalue weighted by Gasteiger charge is 2.28. The van der Waals surface area contributed by atoms with Crippen LogP contribution >= 0.6 is 0 Å². The van der Waals surface area contributed by atoms with E-state index in [9.17, 15) is 13.2 Å². The van der Waals surface area contributed by atoms with E-state index in [0.29, 0.717) is 18.8 Å². The van der Waals surface area contributed by atoms with Crippen molar-refractivity contribution in [1.82, 2.24) is 4.90 Å². The first-order chi connectivity index (χ1) is 13.7. The third kappa shape index (κ3) is 5.58. The zero-order valence-electron chi connectivity index (χ0n) is 17.4. The van der Waals surface area contributed by atoms with E-state index in [0.717, 1.165) is 37.0 Å². The monoisotopic (exact) mass is 416 g/mol. The normalized spacial score (nSPS) is 15.3. The van der Waals surface area contributed by atoms with E-state index in [1.807, 2.05) is 50.2 Å². The number of nitrogens with zero attached hydrogens (tertiary/aromatic N) is 2. The highest BCUT2D eigenvalue weighted by molar-refractivity contribution is 7.92. The van der Waals surface area contributed by atoms with Crippen molar-refractivity contribution >= 4 is 21.6 Å². The van der Waals surface area contributed by atoms with E-state index in [-0.39, 0.29) is 12.5 Å². The average Bonchev–Trinajstić information content (AvgIpc) is 2.68. The Morgan fingerprint density at radius 2 is 1.72 bits per heavy atom. The highest BCUT2D eigenvalue weighted by atomic mass is 32.2. The molecule has 1 aliphatic rings. The Bertz CT molecular complexity index is 953.